The molecule has 0 N–H and O–H groups in total. The highest BCUT2D eigenvalue weighted by molar-refractivity contribution is 5.78. The Morgan fingerprint density at radius 3 is 1.17 bits per heavy atom. The molecule has 1 atom stereocenters. The standard InChI is InChI=1S/C44H80O3/c1-4-7-9-11-13-15-17-19-21-22-24-26-28-30-32-34-40-47-42-38-36-41(37-39-42)43(44(45)46-6-3)35-33-31-29-27-25-23-20-18-16-14-12-10-8-5-2/h36-39,43H,4-35,40H2,1-3H3. The van der Waals surface area contributed by atoms with Crippen LogP contribution in [0.25, 0.3) is 0 Å². The topological polar surface area (TPSA) is 35.5 Å². The first-order valence-electron chi connectivity index (χ1n) is 21.1. The largest absolute Gasteiger partial charge is 0.494 e. The number of carbonyl (C=O) groups excluding carboxylic acids is 1. The Hall–Kier alpha value is -1.51. The summed E-state index contributed by atoms with van der Waals surface area (Å²) in [5.74, 6) is 0.666. The van der Waals surface area contributed by atoms with Crippen LogP contribution in [0.4, 0.5) is 0 Å². The van der Waals surface area contributed by atoms with E-state index in [9.17, 15) is 4.79 Å². The fourth-order valence-electron chi connectivity index (χ4n) is 6.84. The molecule has 274 valence electrons. The van der Waals surface area contributed by atoms with Crippen LogP contribution < -0.4 is 4.74 Å². The molecule has 1 aromatic rings. The molecule has 0 aromatic heterocycles. The van der Waals surface area contributed by atoms with Crippen molar-refractivity contribution in [3.05, 3.63) is 29.8 Å². The van der Waals surface area contributed by atoms with Gasteiger partial charge in [-0.1, -0.05) is 212 Å². The average Bonchev–Trinajstić information content (AvgIpc) is 3.08. The molecular weight excluding hydrogens is 576 g/mol. The fraction of sp³-hybridized carbons (Fsp3) is 0.841. The molecule has 0 aliphatic rings. The number of rotatable bonds is 36. The van der Waals surface area contributed by atoms with Gasteiger partial charge >= 0.3 is 5.97 Å². The number of ether oxygens (including phenoxy) is 2. The van der Waals surface area contributed by atoms with Crippen LogP contribution in [0.3, 0.4) is 0 Å². The van der Waals surface area contributed by atoms with Crippen LogP contribution >= 0.6 is 0 Å². The van der Waals surface area contributed by atoms with E-state index in [1.807, 2.05) is 19.1 Å². The summed E-state index contributed by atoms with van der Waals surface area (Å²) in [7, 11) is 0. The molecule has 47 heavy (non-hydrogen) atoms. The van der Waals surface area contributed by atoms with Crippen LogP contribution in [0, 0.1) is 0 Å². The molecule has 3 heteroatoms. The fourth-order valence-corrected chi connectivity index (χ4v) is 6.84. The Kier molecular flexibility index (Phi) is 31.8. The van der Waals surface area contributed by atoms with Crippen molar-refractivity contribution in [3.63, 3.8) is 0 Å². The third-order valence-electron chi connectivity index (χ3n) is 9.97. The van der Waals surface area contributed by atoms with Gasteiger partial charge in [0.2, 0.25) is 0 Å². The third kappa shape index (κ3) is 27.1. The molecule has 0 aliphatic heterocycles. The van der Waals surface area contributed by atoms with Crippen LogP contribution in [-0.4, -0.2) is 19.2 Å². The zero-order valence-electron chi connectivity index (χ0n) is 31.9. The second kappa shape index (κ2) is 34.4. The first-order valence-corrected chi connectivity index (χ1v) is 21.1. The van der Waals surface area contributed by atoms with E-state index in [-0.39, 0.29) is 11.9 Å². The van der Waals surface area contributed by atoms with Crippen molar-refractivity contribution in [2.75, 3.05) is 13.2 Å². The van der Waals surface area contributed by atoms with Crippen molar-refractivity contribution < 1.29 is 14.3 Å². The van der Waals surface area contributed by atoms with Crippen molar-refractivity contribution in [2.24, 2.45) is 0 Å². The normalized spacial score (nSPS) is 12.0. The number of esters is 1. The summed E-state index contributed by atoms with van der Waals surface area (Å²) in [6, 6.07) is 8.24. The summed E-state index contributed by atoms with van der Waals surface area (Å²) in [5, 5.41) is 0. The van der Waals surface area contributed by atoms with Gasteiger partial charge in [0.15, 0.2) is 0 Å². The summed E-state index contributed by atoms with van der Waals surface area (Å²) in [6.45, 7) is 7.70. The van der Waals surface area contributed by atoms with Gasteiger partial charge in [0.25, 0.3) is 0 Å². The van der Waals surface area contributed by atoms with Gasteiger partial charge in [-0.2, -0.15) is 0 Å². The summed E-state index contributed by atoms with van der Waals surface area (Å²) in [5.41, 5.74) is 1.06. The van der Waals surface area contributed by atoms with Crippen molar-refractivity contribution in [1.29, 1.82) is 0 Å². The molecule has 1 aromatic carbocycles. The summed E-state index contributed by atoms with van der Waals surface area (Å²) in [6.07, 6.45) is 41.9. The molecule has 0 fully saturated rings. The van der Waals surface area contributed by atoms with Gasteiger partial charge in [0.05, 0.1) is 19.1 Å². The summed E-state index contributed by atoms with van der Waals surface area (Å²) in [4.78, 5) is 12.8. The number of unbranched alkanes of at least 4 members (excludes halogenated alkanes) is 28. The molecule has 0 amide bonds. The first-order chi connectivity index (χ1) is 23.2. The Balaban J connectivity index is 2.09. The third-order valence-corrected chi connectivity index (χ3v) is 9.97. The quantitative estimate of drug-likeness (QED) is 0.0532. The smallest absolute Gasteiger partial charge is 0.313 e. The van der Waals surface area contributed by atoms with E-state index in [0.717, 1.165) is 37.2 Å². The van der Waals surface area contributed by atoms with Gasteiger partial charge < -0.3 is 9.47 Å². The van der Waals surface area contributed by atoms with Gasteiger partial charge in [0, 0.05) is 0 Å². The zero-order chi connectivity index (χ0) is 33.9. The Labute approximate surface area is 294 Å². The number of benzene rings is 1. The van der Waals surface area contributed by atoms with Crippen molar-refractivity contribution in [2.45, 2.75) is 226 Å². The SMILES string of the molecule is CCCCCCCCCCCCCCCCCCOc1ccc(C(CCCCCCCCCCCCCCCC)C(=O)OCC)cc1. The van der Waals surface area contributed by atoms with Gasteiger partial charge in [0.1, 0.15) is 5.75 Å². The Morgan fingerprint density at radius 1 is 0.468 bits per heavy atom. The maximum Gasteiger partial charge on any atom is 0.313 e. The molecule has 3 nitrogen and oxygen atoms in total. The highest BCUT2D eigenvalue weighted by Gasteiger charge is 2.21. The zero-order valence-corrected chi connectivity index (χ0v) is 31.9. The van der Waals surface area contributed by atoms with Crippen molar-refractivity contribution in [3.8, 4) is 5.75 Å². The predicted octanol–water partition coefficient (Wildman–Crippen LogP) is 14.8. The van der Waals surface area contributed by atoms with E-state index < -0.39 is 0 Å². The minimum Gasteiger partial charge on any atom is -0.494 e. The van der Waals surface area contributed by atoms with Gasteiger partial charge in [-0.15, -0.1) is 0 Å². The number of hydrogen-bond acceptors (Lipinski definition) is 3. The summed E-state index contributed by atoms with van der Waals surface area (Å²) < 4.78 is 11.5. The second-order valence-electron chi connectivity index (χ2n) is 14.4. The lowest BCUT2D eigenvalue weighted by atomic mass is 9.92. The van der Waals surface area contributed by atoms with E-state index in [1.165, 1.54) is 180 Å². The van der Waals surface area contributed by atoms with E-state index in [1.54, 1.807) is 0 Å². The Morgan fingerprint density at radius 2 is 0.809 bits per heavy atom. The van der Waals surface area contributed by atoms with Crippen LogP contribution in [0.2, 0.25) is 0 Å². The molecular formula is C44H80O3. The van der Waals surface area contributed by atoms with E-state index in [0.29, 0.717) is 6.61 Å². The molecule has 1 unspecified atom stereocenters. The van der Waals surface area contributed by atoms with Crippen molar-refractivity contribution in [1.82, 2.24) is 0 Å². The lowest BCUT2D eigenvalue weighted by Crippen LogP contribution is -2.16. The van der Waals surface area contributed by atoms with Crippen LogP contribution in [0.1, 0.15) is 231 Å². The van der Waals surface area contributed by atoms with Crippen LogP contribution in [-0.2, 0) is 9.53 Å². The average molecular weight is 657 g/mol. The molecule has 0 radical (unpaired) electrons. The van der Waals surface area contributed by atoms with Gasteiger partial charge in [-0.3, -0.25) is 4.79 Å². The molecule has 0 saturated carbocycles. The highest BCUT2D eigenvalue weighted by Crippen LogP contribution is 2.27. The first kappa shape index (κ1) is 43.5. The van der Waals surface area contributed by atoms with Crippen LogP contribution in [0.5, 0.6) is 5.75 Å². The van der Waals surface area contributed by atoms with Crippen molar-refractivity contribution >= 4 is 5.97 Å². The summed E-state index contributed by atoms with van der Waals surface area (Å²) >= 11 is 0. The van der Waals surface area contributed by atoms with Gasteiger partial charge in [-0.05, 0) is 37.5 Å². The monoisotopic (exact) mass is 657 g/mol. The molecule has 0 saturated heterocycles. The van der Waals surface area contributed by atoms with Gasteiger partial charge in [-0.25, -0.2) is 0 Å². The molecule has 0 heterocycles. The lowest BCUT2D eigenvalue weighted by molar-refractivity contribution is -0.145. The maximum atomic E-state index is 12.8. The van der Waals surface area contributed by atoms with E-state index >= 15 is 0 Å². The maximum absolute atomic E-state index is 12.8. The molecule has 0 spiro atoms. The minimum atomic E-state index is -0.165. The highest BCUT2D eigenvalue weighted by atomic mass is 16.5. The number of hydrogen-bond donors (Lipinski definition) is 0. The molecule has 1 rings (SSSR count). The molecule has 0 bridgehead atoms. The predicted molar refractivity (Wildman–Crippen MR) is 206 cm³/mol. The Bertz CT molecular complexity index is 773. The number of carbonyl (C=O) groups is 1. The van der Waals surface area contributed by atoms with E-state index in [4.69, 9.17) is 9.47 Å². The second-order valence-corrected chi connectivity index (χ2v) is 14.4. The van der Waals surface area contributed by atoms with E-state index in [2.05, 4.69) is 26.0 Å². The molecule has 0 aliphatic carbocycles. The minimum absolute atomic E-state index is 0.0796. The van der Waals surface area contributed by atoms with Crippen LogP contribution in [0.15, 0.2) is 24.3 Å². The lowest BCUT2D eigenvalue weighted by Gasteiger charge is -2.16.